The second-order valence-electron chi connectivity index (χ2n) is 10.1. The number of aromatic nitrogens is 8. The highest BCUT2D eigenvalue weighted by Gasteiger charge is 2.52. The van der Waals surface area contributed by atoms with Crippen molar-refractivity contribution in [3.05, 3.63) is 41.0 Å². The lowest BCUT2D eigenvalue weighted by Gasteiger charge is -2.25. The summed E-state index contributed by atoms with van der Waals surface area (Å²) in [6, 6.07) is 0. The summed E-state index contributed by atoms with van der Waals surface area (Å²) < 4.78 is 61.0. The Bertz CT molecular complexity index is 2030. The maximum atomic E-state index is 13.2. The number of aromatic amines is 1. The van der Waals surface area contributed by atoms with Gasteiger partial charge in [-0.05, 0) is 0 Å². The molecule has 7 rings (SSSR count). The van der Waals surface area contributed by atoms with Gasteiger partial charge in [0.15, 0.2) is 41.3 Å². The van der Waals surface area contributed by atoms with E-state index in [1.165, 1.54) is 17.2 Å². The van der Waals surface area contributed by atoms with Crippen LogP contribution in [0.5, 0.6) is 0 Å². The minimum atomic E-state index is -5.13. The Balaban J connectivity index is 1.18. The molecule has 23 nitrogen and oxygen atoms in total. The average molecular weight is 686 g/mol. The number of hydrogen-bond acceptors (Lipinski definition) is 18. The molecule has 1 fully saturated rings. The highest BCUT2D eigenvalue weighted by Crippen LogP contribution is 2.54. The predicted octanol–water partition coefficient (Wildman–Crippen LogP) is -1.41. The van der Waals surface area contributed by atoms with E-state index in [4.69, 9.17) is 33.5 Å². The second-order valence-corrected chi connectivity index (χ2v) is 13.2. The molecule has 46 heavy (non-hydrogen) atoms. The normalized spacial score (nSPS) is 33.4. The number of phosphoric ester groups is 1. The van der Waals surface area contributed by atoms with Gasteiger partial charge in [-0.25, -0.2) is 24.5 Å². The van der Waals surface area contributed by atoms with Gasteiger partial charge in [0.25, 0.3) is 5.56 Å². The number of anilines is 2. The first-order valence-corrected chi connectivity index (χ1v) is 16.4. The molecular formula is C21H24N10O13P2. The van der Waals surface area contributed by atoms with Crippen molar-refractivity contribution in [3.8, 4) is 0 Å². The molecule has 0 spiro atoms. The summed E-state index contributed by atoms with van der Waals surface area (Å²) in [5, 5.41) is 25.1. The van der Waals surface area contributed by atoms with Crippen molar-refractivity contribution in [2.75, 3.05) is 31.1 Å². The second kappa shape index (κ2) is 11.0. The van der Waals surface area contributed by atoms with Gasteiger partial charge in [0.1, 0.15) is 36.5 Å². The van der Waals surface area contributed by atoms with Crippen LogP contribution in [0.2, 0.25) is 0 Å². The smallest absolute Gasteiger partial charge is 0.450 e. The van der Waals surface area contributed by atoms with Crippen LogP contribution in [0.15, 0.2) is 35.5 Å². The van der Waals surface area contributed by atoms with Crippen LogP contribution in [0.1, 0.15) is 12.5 Å². The third kappa shape index (κ3) is 5.16. The summed E-state index contributed by atoms with van der Waals surface area (Å²) in [6.07, 6.45) is -7.08. The summed E-state index contributed by atoms with van der Waals surface area (Å²) in [6.45, 7) is -0.808. The molecule has 0 radical (unpaired) electrons. The van der Waals surface area contributed by atoms with Gasteiger partial charge >= 0.3 is 21.4 Å². The van der Waals surface area contributed by atoms with E-state index in [1.807, 2.05) is 0 Å². The lowest BCUT2D eigenvalue weighted by Crippen LogP contribution is -2.36. The van der Waals surface area contributed by atoms with Crippen molar-refractivity contribution >= 4 is 49.5 Å². The van der Waals surface area contributed by atoms with Crippen molar-refractivity contribution < 1.29 is 56.9 Å². The Hall–Kier alpha value is -4.18. The molecule has 5 unspecified atom stereocenters. The molecule has 7 heterocycles. The number of imidazole rings is 2. The zero-order valence-electron chi connectivity index (χ0n) is 23.2. The van der Waals surface area contributed by atoms with Crippen molar-refractivity contribution in [1.82, 2.24) is 39.0 Å². The summed E-state index contributed by atoms with van der Waals surface area (Å²) in [5.74, 6) is -1.51. The Morgan fingerprint density at radius 1 is 1.07 bits per heavy atom. The molecule has 4 aromatic heterocycles. The molecule has 4 aromatic rings. The summed E-state index contributed by atoms with van der Waals surface area (Å²) in [5.41, 5.74) is 5.15. The van der Waals surface area contributed by atoms with Gasteiger partial charge in [-0.2, -0.15) is 4.98 Å². The van der Waals surface area contributed by atoms with Gasteiger partial charge < -0.3 is 44.9 Å². The summed E-state index contributed by atoms with van der Waals surface area (Å²) >= 11 is 0. The molecule has 0 aliphatic carbocycles. The van der Waals surface area contributed by atoms with Gasteiger partial charge in [-0.3, -0.25) is 37.4 Å². The number of H-pyrrole nitrogens is 1. The minimum Gasteiger partial charge on any atom is -0.450 e. The molecule has 0 bridgehead atoms. The first-order valence-electron chi connectivity index (χ1n) is 13.2. The third-order valence-electron chi connectivity index (χ3n) is 7.13. The molecule has 8 atom stereocenters. The number of nitrogen functional groups attached to an aromatic ring is 1. The highest BCUT2D eigenvalue weighted by atomic mass is 31.2. The fourth-order valence-electron chi connectivity index (χ4n) is 5.13. The van der Waals surface area contributed by atoms with Gasteiger partial charge in [0.2, 0.25) is 17.9 Å². The van der Waals surface area contributed by atoms with Crippen molar-refractivity contribution in [3.63, 3.8) is 0 Å². The average Bonchev–Trinajstić information content (AvgIpc) is 3.76. The molecule has 0 aromatic carbocycles. The largest absolute Gasteiger partial charge is 0.527 e. The number of nitrogens with zero attached hydrogens (tertiary/aromatic N) is 7. The molecule has 0 saturated carbocycles. The number of hydrogen-bond donors (Lipinski definition) is 7. The van der Waals surface area contributed by atoms with Gasteiger partial charge in [-0.1, -0.05) is 0 Å². The van der Waals surface area contributed by atoms with Crippen LogP contribution in [0.3, 0.4) is 0 Å². The van der Waals surface area contributed by atoms with Crippen LogP contribution in [-0.4, -0.2) is 103 Å². The van der Waals surface area contributed by atoms with E-state index in [1.54, 1.807) is 7.05 Å². The molecule has 25 heteroatoms. The number of nitrogens with two attached hydrogens (primary N) is 1. The first kappa shape index (κ1) is 30.5. The number of aliphatic hydroxyl groups is 2. The number of rotatable bonds is 3. The topological polar surface area (TPSA) is 316 Å². The van der Waals surface area contributed by atoms with Crippen LogP contribution in [0.4, 0.5) is 11.8 Å². The SMILES string of the molecule is CNc1ncnc2c1ncn2[C@@H]1O[C@@H]2COP(=O)(O)OC3=C(OCP(=O)(O)OC2C1O)O[C@@H](n1cnc2c(=O)[nH]c(N)nc21)C3O. The van der Waals surface area contributed by atoms with E-state index in [9.17, 15) is 33.9 Å². The van der Waals surface area contributed by atoms with Crippen LogP contribution in [0, 0.1) is 0 Å². The van der Waals surface area contributed by atoms with Crippen molar-refractivity contribution in [2.45, 2.75) is 36.9 Å². The highest BCUT2D eigenvalue weighted by molar-refractivity contribution is 7.52. The lowest BCUT2D eigenvalue weighted by atomic mass is 10.1. The Morgan fingerprint density at radius 3 is 2.57 bits per heavy atom. The van der Waals surface area contributed by atoms with Gasteiger partial charge in [0.05, 0.1) is 12.9 Å². The van der Waals surface area contributed by atoms with E-state index in [2.05, 4.69) is 35.2 Å². The molecule has 1 saturated heterocycles. The first-order chi connectivity index (χ1) is 21.9. The monoisotopic (exact) mass is 686 g/mol. The zero-order valence-corrected chi connectivity index (χ0v) is 25.0. The van der Waals surface area contributed by atoms with E-state index in [-0.39, 0.29) is 22.8 Å². The fourth-order valence-corrected chi connectivity index (χ4v) is 6.93. The molecule has 0 amide bonds. The number of ether oxygens (including phenoxy) is 3. The Morgan fingerprint density at radius 2 is 1.80 bits per heavy atom. The van der Waals surface area contributed by atoms with Crippen molar-refractivity contribution in [1.29, 1.82) is 0 Å². The summed E-state index contributed by atoms with van der Waals surface area (Å²) in [4.78, 5) is 56.1. The maximum absolute atomic E-state index is 13.2. The van der Waals surface area contributed by atoms with Crippen LogP contribution in [0.25, 0.3) is 22.3 Å². The molecule has 8 N–H and O–H groups in total. The number of phosphoric acid groups is 1. The standard InChI is InChI=1S/C21H24N10O13P2/c1-23-14-8-15(25-3-24-14)30(4-26-8)18-10(32)12-7(41-18)2-40-46(37,38)44-13-11(33)19(42-20(13)39-6-45(35,36)43-12)31-5-27-9-16(31)28-21(22)29-17(9)34/h3-5,7,10-12,18-19,32-33H,2,6H2,1H3,(H,35,36)(H,37,38)(H,23,24,25)(H3,22,28,29,34)/t7-,10?,11?,12?,18-,19-/m1/s1. The van der Waals surface area contributed by atoms with Crippen LogP contribution < -0.4 is 16.6 Å². The summed E-state index contributed by atoms with van der Waals surface area (Å²) in [7, 11) is -8.31. The van der Waals surface area contributed by atoms with Crippen LogP contribution >= 0.6 is 15.4 Å². The number of fused-ring (bicyclic) bond motifs is 3. The molecular weight excluding hydrogens is 662 g/mol. The molecule has 3 aliphatic rings. The Kier molecular flexibility index (Phi) is 7.27. The molecule has 3 aliphatic heterocycles. The van der Waals surface area contributed by atoms with E-state index < -0.39 is 82.5 Å². The quantitative estimate of drug-likeness (QED) is 0.122. The fraction of sp³-hybridized carbons (Fsp3) is 0.429. The van der Waals surface area contributed by atoms with Gasteiger partial charge in [0, 0.05) is 7.05 Å². The maximum Gasteiger partial charge on any atom is 0.527 e. The third-order valence-corrected chi connectivity index (χ3v) is 9.06. The van der Waals surface area contributed by atoms with Crippen molar-refractivity contribution in [2.24, 2.45) is 0 Å². The number of nitrogens with one attached hydrogen (secondary N) is 2. The zero-order chi connectivity index (χ0) is 32.5. The van der Waals surface area contributed by atoms with Crippen LogP contribution in [-0.2, 0) is 36.9 Å². The molecule has 246 valence electrons. The predicted molar refractivity (Wildman–Crippen MR) is 148 cm³/mol. The van der Waals surface area contributed by atoms with Gasteiger partial charge in [-0.15, -0.1) is 0 Å². The Labute approximate surface area is 254 Å². The van der Waals surface area contributed by atoms with E-state index >= 15 is 0 Å². The number of aliphatic hydroxyl groups excluding tert-OH is 2. The minimum absolute atomic E-state index is 0.142. The van der Waals surface area contributed by atoms with E-state index in [0.29, 0.717) is 11.3 Å². The van der Waals surface area contributed by atoms with E-state index in [0.717, 1.165) is 10.9 Å². The lowest BCUT2D eigenvalue weighted by molar-refractivity contribution is -0.0511.